The van der Waals surface area contributed by atoms with Crippen LogP contribution in [0.4, 0.5) is 0 Å². The third-order valence-corrected chi connectivity index (χ3v) is 5.73. The van der Waals surface area contributed by atoms with Gasteiger partial charge in [-0.05, 0) is 25.1 Å². The smallest absolute Gasteiger partial charge is 0.243 e. The van der Waals surface area contributed by atoms with Crippen LogP contribution in [-0.4, -0.2) is 50.8 Å². The zero-order chi connectivity index (χ0) is 19.2. The second-order valence-corrected chi connectivity index (χ2v) is 7.91. The van der Waals surface area contributed by atoms with Crippen molar-refractivity contribution in [2.75, 3.05) is 27.2 Å². The van der Waals surface area contributed by atoms with Crippen LogP contribution in [0.3, 0.4) is 0 Å². The summed E-state index contributed by atoms with van der Waals surface area (Å²) in [5.74, 6) is 0.429. The van der Waals surface area contributed by atoms with Gasteiger partial charge in [0.2, 0.25) is 15.9 Å². The largest absolute Gasteiger partial charge is 0.494 e. The Kier molecular flexibility index (Phi) is 6.76. The molecule has 2 aromatic rings. The third kappa shape index (κ3) is 4.83. The van der Waals surface area contributed by atoms with Gasteiger partial charge in [-0.15, -0.1) is 0 Å². The van der Waals surface area contributed by atoms with E-state index in [0.29, 0.717) is 13.2 Å². The van der Waals surface area contributed by atoms with Gasteiger partial charge in [-0.1, -0.05) is 36.4 Å². The number of rotatable bonds is 8. The fourth-order valence-corrected chi connectivity index (χ4v) is 3.58. The molecule has 2 aromatic carbocycles. The Balaban J connectivity index is 2.05. The van der Waals surface area contributed by atoms with Crippen molar-refractivity contribution in [3.8, 4) is 5.75 Å². The number of para-hydroxylation sites is 1. The minimum atomic E-state index is -3.70. The average Bonchev–Trinajstić information content (AvgIpc) is 2.64. The van der Waals surface area contributed by atoms with Gasteiger partial charge in [0.15, 0.2) is 0 Å². The van der Waals surface area contributed by atoms with Gasteiger partial charge in [-0.3, -0.25) is 4.79 Å². The van der Waals surface area contributed by atoms with Crippen LogP contribution in [0, 0.1) is 0 Å². The number of ether oxygens (including phenoxy) is 1. The molecular weight excluding hydrogens is 352 g/mol. The van der Waals surface area contributed by atoms with Crippen LogP contribution in [0.5, 0.6) is 5.75 Å². The molecule has 0 unspecified atom stereocenters. The molecule has 26 heavy (non-hydrogen) atoms. The van der Waals surface area contributed by atoms with E-state index in [1.54, 1.807) is 25.2 Å². The lowest BCUT2D eigenvalue weighted by atomic mass is 10.2. The Bertz CT molecular complexity index is 838. The van der Waals surface area contributed by atoms with Crippen molar-refractivity contribution in [1.29, 1.82) is 0 Å². The summed E-state index contributed by atoms with van der Waals surface area (Å²) in [5.41, 5.74) is 0.874. The van der Waals surface area contributed by atoms with Crippen LogP contribution in [0.15, 0.2) is 59.5 Å². The van der Waals surface area contributed by atoms with Crippen molar-refractivity contribution < 1.29 is 17.9 Å². The first kappa shape index (κ1) is 19.9. The summed E-state index contributed by atoms with van der Waals surface area (Å²) in [5, 5.41) is 0. The van der Waals surface area contributed by atoms with Gasteiger partial charge in [-0.2, -0.15) is 4.31 Å². The molecule has 7 heteroatoms. The Hall–Kier alpha value is -2.38. The molecule has 0 N–H and O–H groups in total. The predicted molar refractivity (Wildman–Crippen MR) is 100 cm³/mol. The molecule has 0 heterocycles. The second kappa shape index (κ2) is 8.82. The van der Waals surface area contributed by atoms with E-state index >= 15 is 0 Å². The van der Waals surface area contributed by atoms with Gasteiger partial charge in [0.25, 0.3) is 0 Å². The summed E-state index contributed by atoms with van der Waals surface area (Å²) in [6.07, 6.45) is 0. The van der Waals surface area contributed by atoms with Gasteiger partial charge in [0.05, 0.1) is 18.0 Å². The molecule has 0 bridgehead atoms. The maximum absolute atomic E-state index is 12.5. The van der Waals surface area contributed by atoms with Crippen LogP contribution in [0.25, 0.3) is 0 Å². The van der Waals surface area contributed by atoms with Crippen molar-refractivity contribution in [2.24, 2.45) is 0 Å². The Labute approximate surface area is 155 Å². The van der Waals surface area contributed by atoms with Crippen LogP contribution in [-0.2, 0) is 21.4 Å². The fourth-order valence-electron chi connectivity index (χ4n) is 2.44. The lowest BCUT2D eigenvalue weighted by molar-refractivity contribution is -0.130. The molecule has 0 aliphatic carbocycles. The molecule has 1 amide bonds. The van der Waals surface area contributed by atoms with Crippen LogP contribution in [0.1, 0.15) is 12.5 Å². The van der Waals surface area contributed by atoms with Crippen LogP contribution < -0.4 is 4.74 Å². The number of hydrogen-bond acceptors (Lipinski definition) is 4. The number of likely N-dealkylation sites (N-methyl/N-ethyl adjacent to an activating group) is 2. The number of amides is 1. The minimum Gasteiger partial charge on any atom is -0.494 e. The summed E-state index contributed by atoms with van der Waals surface area (Å²) < 4.78 is 31.7. The van der Waals surface area contributed by atoms with E-state index in [-0.39, 0.29) is 17.3 Å². The number of hydrogen-bond donors (Lipinski definition) is 0. The molecule has 0 saturated carbocycles. The average molecular weight is 376 g/mol. The SMILES string of the molecule is CCOc1ccccc1CN(C)C(=O)CN(C)S(=O)(=O)c1ccccc1. The van der Waals surface area contributed by atoms with E-state index in [0.717, 1.165) is 15.6 Å². The van der Waals surface area contributed by atoms with Gasteiger partial charge in [0, 0.05) is 26.2 Å². The van der Waals surface area contributed by atoms with Crippen LogP contribution in [0.2, 0.25) is 0 Å². The Morgan fingerprint density at radius 3 is 2.27 bits per heavy atom. The fraction of sp³-hybridized carbons (Fsp3) is 0.316. The first-order valence-electron chi connectivity index (χ1n) is 8.32. The van der Waals surface area contributed by atoms with E-state index in [1.165, 1.54) is 24.1 Å². The normalized spacial score (nSPS) is 11.4. The molecule has 0 saturated heterocycles. The molecule has 6 nitrogen and oxygen atoms in total. The summed E-state index contributed by atoms with van der Waals surface area (Å²) in [7, 11) is -0.644. The van der Waals surface area contributed by atoms with E-state index in [2.05, 4.69) is 0 Å². The monoisotopic (exact) mass is 376 g/mol. The van der Waals surface area contributed by atoms with Crippen molar-refractivity contribution >= 4 is 15.9 Å². The molecule has 2 rings (SSSR count). The maximum atomic E-state index is 12.5. The highest BCUT2D eigenvalue weighted by molar-refractivity contribution is 7.89. The maximum Gasteiger partial charge on any atom is 0.243 e. The number of carbonyl (C=O) groups excluding carboxylic acids is 1. The summed E-state index contributed by atoms with van der Waals surface area (Å²) in [6.45, 7) is 2.54. The first-order chi connectivity index (χ1) is 12.4. The number of sulfonamides is 1. The molecule has 0 radical (unpaired) electrons. The zero-order valence-corrected chi connectivity index (χ0v) is 16.1. The van der Waals surface area contributed by atoms with Crippen LogP contribution >= 0.6 is 0 Å². The highest BCUT2D eigenvalue weighted by atomic mass is 32.2. The van der Waals surface area contributed by atoms with Crippen molar-refractivity contribution in [1.82, 2.24) is 9.21 Å². The topological polar surface area (TPSA) is 66.9 Å². The zero-order valence-electron chi connectivity index (χ0n) is 15.3. The lowest BCUT2D eigenvalue weighted by Gasteiger charge is -2.22. The molecule has 0 aromatic heterocycles. The molecule has 0 aliphatic rings. The van der Waals surface area contributed by atoms with Crippen molar-refractivity contribution in [2.45, 2.75) is 18.4 Å². The number of carbonyl (C=O) groups is 1. The Morgan fingerprint density at radius 2 is 1.62 bits per heavy atom. The molecule has 0 aliphatic heterocycles. The molecular formula is C19H24N2O4S. The van der Waals surface area contributed by atoms with E-state index in [4.69, 9.17) is 4.74 Å². The second-order valence-electron chi connectivity index (χ2n) is 5.86. The van der Waals surface area contributed by atoms with E-state index < -0.39 is 10.0 Å². The highest BCUT2D eigenvalue weighted by Crippen LogP contribution is 2.20. The predicted octanol–water partition coefficient (Wildman–Crippen LogP) is 2.36. The number of nitrogens with zero attached hydrogens (tertiary/aromatic N) is 2. The summed E-state index contributed by atoms with van der Waals surface area (Å²) in [6, 6.07) is 15.6. The van der Waals surface area contributed by atoms with Crippen molar-refractivity contribution in [3.63, 3.8) is 0 Å². The molecule has 0 spiro atoms. The van der Waals surface area contributed by atoms with Gasteiger partial charge < -0.3 is 9.64 Å². The quantitative estimate of drug-likeness (QED) is 0.709. The number of benzene rings is 2. The van der Waals surface area contributed by atoms with Gasteiger partial charge >= 0.3 is 0 Å². The van der Waals surface area contributed by atoms with Crippen molar-refractivity contribution in [3.05, 3.63) is 60.2 Å². The Morgan fingerprint density at radius 1 is 1.00 bits per heavy atom. The highest BCUT2D eigenvalue weighted by Gasteiger charge is 2.24. The standard InChI is InChI=1S/C19H24N2O4S/c1-4-25-18-13-9-8-10-16(18)14-20(2)19(22)15-21(3)26(23,24)17-11-6-5-7-12-17/h5-13H,4,14-15H2,1-3H3. The minimum absolute atomic E-state index is 0.166. The molecule has 0 atom stereocenters. The van der Waals surface area contributed by atoms with Gasteiger partial charge in [-0.25, -0.2) is 8.42 Å². The molecule has 140 valence electrons. The summed E-state index contributed by atoms with van der Waals surface area (Å²) in [4.78, 5) is 14.1. The van der Waals surface area contributed by atoms with E-state index in [1.807, 2.05) is 31.2 Å². The van der Waals surface area contributed by atoms with Gasteiger partial charge in [0.1, 0.15) is 5.75 Å². The first-order valence-corrected chi connectivity index (χ1v) is 9.76. The lowest BCUT2D eigenvalue weighted by Crippen LogP contribution is -2.39. The molecule has 0 fully saturated rings. The third-order valence-electron chi connectivity index (χ3n) is 3.92. The van der Waals surface area contributed by atoms with E-state index in [9.17, 15) is 13.2 Å². The summed E-state index contributed by atoms with van der Waals surface area (Å²) >= 11 is 0.